The maximum absolute atomic E-state index is 11.8. The lowest BCUT2D eigenvalue weighted by atomic mass is 9.77. The molecule has 1 aliphatic heterocycles. The van der Waals surface area contributed by atoms with Crippen molar-refractivity contribution in [2.24, 2.45) is 11.8 Å². The van der Waals surface area contributed by atoms with Gasteiger partial charge in [0.05, 0.1) is 13.2 Å². The van der Waals surface area contributed by atoms with E-state index in [-0.39, 0.29) is 5.91 Å². The van der Waals surface area contributed by atoms with Crippen molar-refractivity contribution in [2.75, 3.05) is 59.5 Å². The van der Waals surface area contributed by atoms with Crippen LogP contribution in [-0.2, 0) is 9.53 Å². The summed E-state index contributed by atoms with van der Waals surface area (Å²) in [6.07, 6.45) is 7.04. The molecule has 0 radical (unpaired) electrons. The number of ether oxygens (including phenoxy) is 1. The molecule has 1 aliphatic carbocycles. The third-order valence-electron chi connectivity index (χ3n) is 5.54. The molecule has 0 aromatic carbocycles. The van der Waals surface area contributed by atoms with Crippen LogP contribution in [0.4, 0.5) is 0 Å². The minimum absolute atomic E-state index is 0.119. The average Bonchev–Trinajstić information content (AvgIpc) is 2.57. The molecule has 23 heavy (non-hydrogen) atoms. The van der Waals surface area contributed by atoms with Crippen molar-refractivity contribution in [3.63, 3.8) is 0 Å². The zero-order valence-corrected chi connectivity index (χ0v) is 15.1. The van der Waals surface area contributed by atoms with Crippen molar-refractivity contribution in [1.29, 1.82) is 0 Å². The summed E-state index contributed by atoms with van der Waals surface area (Å²) >= 11 is 0. The Morgan fingerprint density at radius 2 is 1.74 bits per heavy atom. The Balaban J connectivity index is 1.64. The number of amides is 1. The van der Waals surface area contributed by atoms with E-state index in [2.05, 4.69) is 22.0 Å². The number of hydrogen-bond acceptors (Lipinski definition) is 4. The number of methoxy groups -OCH3 is 1. The third kappa shape index (κ3) is 6.40. The van der Waals surface area contributed by atoms with E-state index >= 15 is 0 Å². The second-order valence-corrected chi connectivity index (χ2v) is 7.13. The van der Waals surface area contributed by atoms with Gasteiger partial charge < -0.3 is 15.0 Å². The first-order chi connectivity index (χ1) is 11.2. The highest BCUT2D eigenvalue weighted by atomic mass is 16.5. The Morgan fingerprint density at radius 1 is 1.09 bits per heavy atom. The van der Waals surface area contributed by atoms with Crippen LogP contribution in [0.15, 0.2) is 0 Å². The summed E-state index contributed by atoms with van der Waals surface area (Å²) in [6, 6.07) is 0. The monoisotopic (exact) mass is 325 g/mol. The summed E-state index contributed by atoms with van der Waals surface area (Å²) in [4.78, 5) is 16.7. The number of piperazine rings is 1. The summed E-state index contributed by atoms with van der Waals surface area (Å²) in [7, 11) is 1.65. The summed E-state index contributed by atoms with van der Waals surface area (Å²) in [6.45, 7) is 9.59. The second kappa shape index (κ2) is 10.3. The fraction of sp³-hybridized carbons (Fsp3) is 0.944. The number of carbonyl (C=O) groups is 1. The molecule has 5 nitrogen and oxygen atoms in total. The van der Waals surface area contributed by atoms with Crippen LogP contribution in [0, 0.1) is 11.8 Å². The van der Waals surface area contributed by atoms with Crippen LogP contribution in [0.3, 0.4) is 0 Å². The van der Waals surface area contributed by atoms with Crippen molar-refractivity contribution < 1.29 is 9.53 Å². The molecular weight excluding hydrogens is 290 g/mol. The van der Waals surface area contributed by atoms with E-state index in [1.54, 1.807) is 7.11 Å². The molecule has 0 aromatic rings. The minimum Gasteiger partial charge on any atom is -0.383 e. The van der Waals surface area contributed by atoms with E-state index in [1.807, 2.05) is 0 Å². The van der Waals surface area contributed by atoms with E-state index in [0.29, 0.717) is 19.7 Å². The van der Waals surface area contributed by atoms with Gasteiger partial charge in [-0.3, -0.25) is 9.69 Å². The zero-order valence-electron chi connectivity index (χ0n) is 15.1. The van der Waals surface area contributed by atoms with Crippen LogP contribution >= 0.6 is 0 Å². The summed E-state index contributed by atoms with van der Waals surface area (Å²) in [5, 5.41) is 2.90. The predicted molar refractivity (Wildman–Crippen MR) is 93.5 cm³/mol. The van der Waals surface area contributed by atoms with Crippen molar-refractivity contribution in [3.05, 3.63) is 0 Å². The van der Waals surface area contributed by atoms with E-state index in [0.717, 1.165) is 38.0 Å². The lowest BCUT2D eigenvalue weighted by molar-refractivity contribution is -0.122. The van der Waals surface area contributed by atoms with Crippen molar-refractivity contribution >= 4 is 5.91 Å². The number of nitrogens with one attached hydrogen (secondary N) is 1. The third-order valence-corrected chi connectivity index (χ3v) is 5.54. The van der Waals surface area contributed by atoms with Gasteiger partial charge >= 0.3 is 0 Å². The molecule has 1 saturated heterocycles. The highest BCUT2D eigenvalue weighted by Crippen LogP contribution is 2.32. The lowest BCUT2D eigenvalue weighted by Gasteiger charge is -2.39. The molecule has 5 heteroatoms. The summed E-state index contributed by atoms with van der Waals surface area (Å²) in [5.41, 5.74) is 0. The van der Waals surface area contributed by atoms with E-state index in [9.17, 15) is 4.79 Å². The van der Waals surface area contributed by atoms with Crippen LogP contribution in [0.1, 0.15) is 39.0 Å². The molecule has 1 heterocycles. The van der Waals surface area contributed by atoms with Crippen LogP contribution < -0.4 is 5.32 Å². The fourth-order valence-electron chi connectivity index (χ4n) is 4.08. The Morgan fingerprint density at radius 3 is 2.39 bits per heavy atom. The average molecular weight is 325 g/mol. The quantitative estimate of drug-likeness (QED) is 0.688. The van der Waals surface area contributed by atoms with Crippen molar-refractivity contribution in [3.8, 4) is 0 Å². The molecule has 0 aromatic heterocycles. The van der Waals surface area contributed by atoms with Gasteiger partial charge in [0.15, 0.2) is 0 Å². The SMILES string of the molecule is CC[C@@H]1CCCC[C@@H]1CN1CCN(CC(=O)NCCOC)CC1. The van der Waals surface area contributed by atoms with Gasteiger partial charge in [-0.05, 0) is 18.3 Å². The van der Waals surface area contributed by atoms with E-state index in [4.69, 9.17) is 4.74 Å². The highest BCUT2D eigenvalue weighted by Gasteiger charge is 2.27. The van der Waals surface area contributed by atoms with Crippen LogP contribution in [-0.4, -0.2) is 75.2 Å². The van der Waals surface area contributed by atoms with Gasteiger partial charge in [0.1, 0.15) is 0 Å². The molecule has 2 atom stereocenters. The number of rotatable bonds is 8. The van der Waals surface area contributed by atoms with Gasteiger partial charge in [0, 0.05) is 46.4 Å². The molecule has 0 spiro atoms. The number of carbonyl (C=O) groups excluding carboxylic acids is 1. The van der Waals surface area contributed by atoms with Crippen LogP contribution in [0.5, 0.6) is 0 Å². The molecule has 1 amide bonds. The van der Waals surface area contributed by atoms with Crippen molar-refractivity contribution in [1.82, 2.24) is 15.1 Å². The van der Waals surface area contributed by atoms with Gasteiger partial charge in [0.25, 0.3) is 0 Å². The lowest BCUT2D eigenvalue weighted by Crippen LogP contribution is -2.51. The van der Waals surface area contributed by atoms with Gasteiger partial charge in [0.2, 0.25) is 5.91 Å². The van der Waals surface area contributed by atoms with Gasteiger partial charge in [-0.2, -0.15) is 0 Å². The summed E-state index contributed by atoms with van der Waals surface area (Å²) in [5.74, 6) is 1.96. The molecule has 2 fully saturated rings. The van der Waals surface area contributed by atoms with Gasteiger partial charge in [-0.15, -0.1) is 0 Å². The van der Waals surface area contributed by atoms with E-state index in [1.165, 1.54) is 38.6 Å². The van der Waals surface area contributed by atoms with Crippen LogP contribution in [0.2, 0.25) is 0 Å². The fourth-order valence-corrected chi connectivity index (χ4v) is 4.08. The maximum Gasteiger partial charge on any atom is 0.234 e. The highest BCUT2D eigenvalue weighted by molar-refractivity contribution is 5.77. The second-order valence-electron chi connectivity index (χ2n) is 7.13. The minimum atomic E-state index is 0.119. The normalized spacial score (nSPS) is 27.0. The predicted octanol–water partition coefficient (Wildman–Crippen LogP) is 1.58. The summed E-state index contributed by atoms with van der Waals surface area (Å²) < 4.78 is 4.95. The van der Waals surface area contributed by atoms with Crippen LogP contribution in [0.25, 0.3) is 0 Å². The topological polar surface area (TPSA) is 44.8 Å². The Labute approximate surface area is 141 Å². The molecule has 1 saturated carbocycles. The molecule has 1 N–H and O–H groups in total. The number of hydrogen-bond donors (Lipinski definition) is 1. The maximum atomic E-state index is 11.8. The Kier molecular flexibility index (Phi) is 8.34. The van der Waals surface area contributed by atoms with Gasteiger partial charge in [-0.1, -0.05) is 32.6 Å². The molecule has 0 bridgehead atoms. The zero-order chi connectivity index (χ0) is 16.5. The molecule has 2 rings (SSSR count). The van der Waals surface area contributed by atoms with Crippen molar-refractivity contribution in [2.45, 2.75) is 39.0 Å². The smallest absolute Gasteiger partial charge is 0.234 e. The van der Waals surface area contributed by atoms with E-state index < -0.39 is 0 Å². The molecule has 134 valence electrons. The first kappa shape index (κ1) is 18.7. The molecular formula is C18H35N3O2. The molecule has 2 aliphatic rings. The Bertz CT molecular complexity index is 343. The first-order valence-electron chi connectivity index (χ1n) is 9.43. The Hall–Kier alpha value is -0.650. The largest absolute Gasteiger partial charge is 0.383 e. The van der Waals surface area contributed by atoms with Gasteiger partial charge in [-0.25, -0.2) is 0 Å². The first-order valence-corrected chi connectivity index (χ1v) is 9.43. The number of nitrogens with zero attached hydrogens (tertiary/aromatic N) is 2. The standard InChI is InChI=1S/C18H35N3O2/c1-3-16-6-4-5-7-17(16)14-20-9-11-21(12-10-20)15-18(22)19-8-13-23-2/h16-17H,3-15H2,1-2H3,(H,19,22)/t16-,17-/m1/s1. The molecule has 0 unspecified atom stereocenters.